The predicted octanol–water partition coefficient (Wildman–Crippen LogP) is -7.94. The first-order valence-corrected chi connectivity index (χ1v) is 19.8. The summed E-state index contributed by atoms with van der Waals surface area (Å²) >= 11 is 0. The number of amides is 1. The molecule has 4 heterocycles. The van der Waals surface area contributed by atoms with Crippen LogP contribution in [0, 0.1) is 5.92 Å². The average Bonchev–Trinajstić information content (AvgIpc) is 3.50. The van der Waals surface area contributed by atoms with Crippen molar-refractivity contribution in [1.82, 2.24) is 21.3 Å². The van der Waals surface area contributed by atoms with Crippen molar-refractivity contribution in [3.8, 4) is 0 Å². The van der Waals surface area contributed by atoms with Gasteiger partial charge in [0.15, 0.2) is 18.9 Å². The van der Waals surface area contributed by atoms with Gasteiger partial charge >= 0.3 is 0 Å². The molecular weight excluding hydrogens is 756 g/mol. The number of carbonyl (C=O) groups is 1. The van der Waals surface area contributed by atoms with Gasteiger partial charge in [-0.15, -0.1) is 0 Å². The number of likely N-dealkylation sites (N-methyl/N-ethyl adjacent to an activating group) is 1. The third-order valence-electron chi connectivity index (χ3n) is 11.7. The molecule has 57 heavy (non-hydrogen) atoms. The number of rotatable bonds is 17. The van der Waals surface area contributed by atoms with Crippen LogP contribution in [0.3, 0.4) is 0 Å². The van der Waals surface area contributed by atoms with Crippen LogP contribution in [0.25, 0.3) is 0 Å². The summed E-state index contributed by atoms with van der Waals surface area (Å²) in [5, 5.41) is 88.1. The lowest BCUT2D eigenvalue weighted by Gasteiger charge is -2.47. The van der Waals surface area contributed by atoms with Crippen molar-refractivity contribution in [2.24, 2.45) is 28.9 Å². The smallest absolute Gasteiger partial charge is 0.225 e. The van der Waals surface area contributed by atoms with Gasteiger partial charge in [0.1, 0.15) is 54.9 Å². The number of aliphatic hydroxyl groups is 7. The van der Waals surface area contributed by atoms with Gasteiger partial charge in [0, 0.05) is 32.2 Å². The molecular formula is C35H66N8O14. The van der Waals surface area contributed by atoms with Gasteiger partial charge < -0.3 is 108 Å². The predicted molar refractivity (Wildman–Crippen MR) is 199 cm³/mol. The summed E-state index contributed by atoms with van der Waals surface area (Å²) < 4.78 is 36.7. The monoisotopic (exact) mass is 822 g/mol. The molecule has 4 fully saturated rings. The van der Waals surface area contributed by atoms with Crippen LogP contribution in [-0.4, -0.2) is 210 Å². The zero-order valence-corrected chi connectivity index (χ0v) is 32.5. The van der Waals surface area contributed by atoms with Crippen molar-refractivity contribution in [3.63, 3.8) is 0 Å². The molecule has 3 saturated heterocycles. The van der Waals surface area contributed by atoms with Crippen molar-refractivity contribution in [2.75, 3.05) is 52.9 Å². The Bertz CT molecular complexity index is 1290. The summed E-state index contributed by atoms with van der Waals surface area (Å²) in [6.07, 6.45) is -12.9. The molecule has 0 aromatic rings. The molecule has 1 saturated carbocycles. The Labute approximate surface area is 331 Å². The number of hydrogen-bond acceptors (Lipinski definition) is 21. The van der Waals surface area contributed by atoms with E-state index >= 15 is 0 Å². The Morgan fingerprint density at radius 2 is 1.56 bits per heavy atom. The molecule has 22 nitrogen and oxygen atoms in total. The Morgan fingerprint density at radius 3 is 2.21 bits per heavy atom. The summed E-state index contributed by atoms with van der Waals surface area (Å²) in [4.78, 5) is 13.2. The molecule has 1 aliphatic carbocycles. The second kappa shape index (κ2) is 20.8. The number of nitrogens with two attached hydrogens (primary N) is 4. The lowest BCUT2D eigenvalue weighted by atomic mass is 9.83. The highest BCUT2D eigenvalue weighted by molar-refractivity contribution is 5.79. The lowest BCUT2D eigenvalue weighted by Crippen LogP contribution is -2.67. The highest BCUT2D eigenvalue weighted by Crippen LogP contribution is 2.35. The van der Waals surface area contributed by atoms with Crippen molar-refractivity contribution >= 4 is 5.91 Å². The minimum absolute atomic E-state index is 0.113. The fourth-order valence-electron chi connectivity index (χ4n) is 7.92. The third-order valence-corrected chi connectivity index (χ3v) is 11.7. The van der Waals surface area contributed by atoms with Gasteiger partial charge in [-0.05, 0) is 39.4 Å². The van der Waals surface area contributed by atoms with Crippen molar-refractivity contribution < 1.29 is 69.0 Å². The van der Waals surface area contributed by atoms with Gasteiger partial charge in [-0.3, -0.25) is 4.79 Å². The number of piperidine rings is 1. The molecule has 5 aliphatic rings. The highest BCUT2D eigenvalue weighted by Gasteiger charge is 2.54. The standard InChI is InChI=1S/C35H66N8O14/c1-15(20(45)10-36)31(50)43-18-9-19(40-2)28(55-32-17(38)4-3-16(52-32)12-42-14-35(51)5-7-41-8-6-35)30(24(18)46)57-34-27(49)29(22(13-44)54-34)56-33-23(39)26(48)25(47)21(11-37)53-33/h3-4,15-30,32-34,40-42,44-49,51H,5-14,36-39H2,1-2H3,(H,43,50). The molecule has 19 unspecified atom stereocenters. The Balaban J connectivity index is 1.34. The molecule has 19 N–H and O–H groups in total. The average molecular weight is 823 g/mol. The normalized spacial score (nSPS) is 43.4. The SMILES string of the molecule is CNC1CC(NC(=O)C(C)C(O)CN)C(O)C(OC2OC(CO)C(OC3OC(CN)C(O)C(O)C3N)C2O)C1OC1OC(CNCC2(O)CCNCC2)C=CC1N. The zero-order valence-electron chi connectivity index (χ0n) is 32.5. The van der Waals surface area contributed by atoms with E-state index in [-0.39, 0.29) is 19.5 Å². The molecule has 330 valence electrons. The van der Waals surface area contributed by atoms with Crippen LogP contribution in [0.4, 0.5) is 0 Å². The van der Waals surface area contributed by atoms with Gasteiger partial charge in [-0.1, -0.05) is 19.1 Å². The zero-order chi connectivity index (χ0) is 41.6. The van der Waals surface area contributed by atoms with E-state index in [1.54, 1.807) is 19.2 Å². The Morgan fingerprint density at radius 1 is 0.895 bits per heavy atom. The lowest BCUT2D eigenvalue weighted by molar-refractivity contribution is -0.285. The van der Waals surface area contributed by atoms with Crippen LogP contribution in [0.1, 0.15) is 26.2 Å². The molecule has 4 aliphatic heterocycles. The molecule has 22 heteroatoms. The van der Waals surface area contributed by atoms with E-state index in [0.717, 1.165) is 13.1 Å². The number of carbonyl (C=O) groups excluding carboxylic acids is 1. The topological polar surface area (TPSA) is 366 Å². The summed E-state index contributed by atoms with van der Waals surface area (Å²) in [5.74, 6) is -1.49. The van der Waals surface area contributed by atoms with Gasteiger partial charge in [0.25, 0.3) is 0 Å². The maximum atomic E-state index is 13.2. The molecule has 0 spiro atoms. The maximum Gasteiger partial charge on any atom is 0.225 e. The molecule has 0 bridgehead atoms. The van der Waals surface area contributed by atoms with Crippen LogP contribution in [-0.2, 0) is 33.2 Å². The van der Waals surface area contributed by atoms with Gasteiger partial charge in [0.05, 0.1) is 48.5 Å². The number of aliphatic hydroxyl groups excluding tert-OH is 6. The van der Waals surface area contributed by atoms with Crippen molar-refractivity contribution in [1.29, 1.82) is 0 Å². The van der Waals surface area contributed by atoms with Gasteiger partial charge in [0.2, 0.25) is 5.91 Å². The van der Waals surface area contributed by atoms with E-state index in [0.29, 0.717) is 25.9 Å². The quantitative estimate of drug-likeness (QED) is 0.0606. The molecule has 19 atom stereocenters. The minimum Gasteiger partial charge on any atom is -0.394 e. The molecule has 0 radical (unpaired) electrons. The first kappa shape index (κ1) is 46.5. The van der Waals surface area contributed by atoms with Crippen LogP contribution < -0.4 is 44.2 Å². The largest absolute Gasteiger partial charge is 0.394 e. The minimum atomic E-state index is -1.64. The van der Waals surface area contributed by atoms with Gasteiger partial charge in [-0.25, -0.2) is 0 Å². The van der Waals surface area contributed by atoms with Crippen molar-refractivity contribution in [2.45, 2.75) is 142 Å². The van der Waals surface area contributed by atoms with E-state index in [1.807, 2.05) is 0 Å². The summed E-state index contributed by atoms with van der Waals surface area (Å²) in [6.45, 7) is 2.63. The molecule has 0 aromatic carbocycles. The molecule has 0 aromatic heterocycles. The van der Waals surface area contributed by atoms with E-state index in [9.17, 15) is 40.5 Å². The number of ether oxygens (including phenoxy) is 6. The second-order valence-corrected chi connectivity index (χ2v) is 15.8. The van der Waals surface area contributed by atoms with Crippen molar-refractivity contribution in [3.05, 3.63) is 12.2 Å². The first-order valence-electron chi connectivity index (χ1n) is 19.8. The van der Waals surface area contributed by atoms with E-state index in [4.69, 9.17) is 51.4 Å². The van der Waals surface area contributed by atoms with Crippen LogP contribution in [0.5, 0.6) is 0 Å². The summed E-state index contributed by atoms with van der Waals surface area (Å²) in [6, 6.07) is -3.63. The summed E-state index contributed by atoms with van der Waals surface area (Å²) in [5.41, 5.74) is 23.0. The molecule has 5 rings (SSSR count). The fraction of sp³-hybridized carbons (Fsp3) is 0.914. The second-order valence-electron chi connectivity index (χ2n) is 15.8. The summed E-state index contributed by atoms with van der Waals surface area (Å²) in [7, 11) is 1.65. The first-order chi connectivity index (χ1) is 27.1. The van der Waals surface area contributed by atoms with E-state index in [1.165, 1.54) is 6.92 Å². The molecule has 1 amide bonds. The number of hydrogen-bond donors (Lipinski definition) is 15. The van der Waals surface area contributed by atoms with Gasteiger partial charge in [-0.2, -0.15) is 0 Å². The van der Waals surface area contributed by atoms with Crippen LogP contribution in [0.2, 0.25) is 0 Å². The Hall–Kier alpha value is -1.59. The maximum absolute atomic E-state index is 13.2. The fourth-order valence-corrected chi connectivity index (χ4v) is 7.92. The van der Waals surface area contributed by atoms with Crippen LogP contribution >= 0.6 is 0 Å². The van der Waals surface area contributed by atoms with E-state index < -0.39 is 134 Å². The Kier molecular flexibility index (Phi) is 16.9. The highest BCUT2D eigenvalue weighted by atomic mass is 16.8. The number of nitrogens with one attached hydrogen (secondary N) is 4. The van der Waals surface area contributed by atoms with Crippen LogP contribution in [0.15, 0.2) is 12.2 Å². The van der Waals surface area contributed by atoms with E-state index in [2.05, 4.69) is 21.3 Å². The third kappa shape index (κ3) is 11.0.